The maximum atomic E-state index is 4.47. The summed E-state index contributed by atoms with van der Waals surface area (Å²) in [5.41, 5.74) is 1.14. The third-order valence-corrected chi connectivity index (χ3v) is 4.61. The zero-order chi connectivity index (χ0) is 10.8. The van der Waals surface area contributed by atoms with E-state index in [9.17, 15) is 0 Å². The van der Waals surface area contributed by atoms with Gasteiger partial charge in [0.15, 0.2) is 0 Å². The van der Waals surface area contributed by atoms with Gasteiger partial charge in [-0.3, -0.25) is 0 Å². The average molecular weight is 224 g/mol. The molecule has 3 heteroatoms. The maximum absolute atomic E-state index is 4.47. The van der Waals surface area contributed by atoms with E-state index in [2.05, 4.69) is 36.5 Å². The van der Waals surface area contributed by atoms with Crippen LogP contribution in [0.1, 0.15) is 37.4 Å². The van der Waals surface area contributed by atoms with Crippen molar-refractivity contribution in [2.45, 2.75) is 46.2 Å². The van der Waals surface area contributed by atoms with Gasteiger partial charge in [0, 0.05) is 23.7 Å². The second kappa shape index (κ2) is 4.62. The first-order chi connectivity index (χ1) is 7.16. The highest BCUT2D eigenvalue weighted by Crippen LogP contribution is 2.31. The predicted octanol–water partition coefficient (Wildman–Crippen LogP) is 2.98. The van der Waals surface area contributed by atoms with Crippen LogP contribution in [0.5, 0.6) is 0 Å². The zero-order valence-corrected chi connectivity index (χ0v) is 10.6. The third-order valence-electron chi connectivity index (χ3n) is 3.65. The average Bonchev–Trinajstić information content (AvgIpc) is 2.74. The molecular formula is C12H20N2S. The molecule has 0 aliphatic heterocycles. The largest absolute Gasteiger partial charge is 0.307 e. The molecule has 1 aliphatic carbocycles. The SMILES string of the molecule is Cc1csc(CNC2CCC(C)C2C)n1. The summed E-state index contributed by atoms with van der Waals surface area (Å²) >= 11 is 1.76. The van der Waals surface area contributed by atoms with Gasteiger partial charge >= 0.3 is 0 Å². The molecule has 1 N–H and O–H groups in total. The topological polar surface area (TPSA) is 24.9 Å². The Bertz CT molecular complexity index is 321. The molecule has 0 amide bonds. The van der Waals surface area contributed by atoms with Gasteiger partial charge in [0.1, 0.15) is 5.01 Å². The molecule has 0 aromatic carbocycles. The van der Waals surface area contributed by atoms with Crippen LogP contribution in [-0.2, 0) is 6.54 Å². The molecule has 0 spiro atoms. The summed E-state index contributed by atoms with van der Waals surface area (Å²) < 4.78 is 0. The summed E-state index contributed by atoms with van der Waals surface area (Å²) in [5.74, 6) is 1.69. The van der Waals surface area contributed by atoms with Crippen LogP contribution in [0.3, 0.4) is 0 Å². The van der Waals surface area contributed by atoms with Gasteiger partial charge in [-0.05, 0) is 31.6 Å². The highest BCUT2D eigenvalue weighted by molar-refractivity contribution is 7.09. The molecule has 1 aromatic rings. The van der Waals surface area contributed by atoms with Gasteiger partial charge in [0.25, 0.3) is 0 Å². The molecule has 0 bridgehead atoms. The fourth-order valence-corrected chi connectivity index (χ4v) is 3.08. The van der Waals surface area contributed by atoms with E-state index in [0.717, 1.165) is 24.1 Å². The molecule has 3 atom stereocenters. The van der Waals surface area contributed by atoms with Crippen LogP contribution in [0.25, 0.3) is 0 Å². The molecule has 2 rings (SSSR count). The monoisotopic (exact) mass is 224 g/mol. The van der Waals surface area contributed by atoms with Crippen molar-refractivity contribution in [3.63, 3.8) is 0 Å². The first-order valence-corrected chi connectivity index (χ1v) is 6.69. The Morgan fingerprint density at radius 3 is 2.80 bits per heavy atom. The van der Waals surface area contributed by atoms with Gasteiger partial charge in [-0.2, -0.15) is 0 Å². The lowest BCUT2D eigenvalue weighted by Crippen LogP contribution is -2.31. The normalized spacial score (nSPS) is 31.0. The Balaban J connectivity index is 1.83. The smallest absolute Gasteiger partial charge is 0.107 e. The van der Waals surface area contributed by atoms with Crippen molar-refractivity contribution in [1.29, 1.82) is 0 Å². The zero-order valence-electron chi connectivity index (χ0n) is 9.79. The quantitative estimate of drug-likeness (QED) is 0.854. The number of thiazole rings is 1. The summed E-state index contributed by atoms with van der Waals surface area (Å²) in [4.78, 5) is 4.47. The van der Waals surface area contributed by atoms with Crippen molar-refractivity contribution < 1.29 is 0 Å². The van der Waals surface area contributed by atoms with E-state index in [1.54, 1.807) is 11.3 Å². The van der Waals surface area contributed by atoms with Gasteiger partial charge in [-0.1, -0.05) is 13.8 Å². The number of aryl methyl sites for hydroxylation is 1. The molecule has 0 saturated heterocycles. The molecule has 1 fully saturated rings. The number of aromatic nitrogens is 1. The summed E-state index contributed by atoms with van der Waals surface area (Å²) in [7, 11) is 0. The van der Waals surface area contributed by atoms with E-state index in [1.807, 2.05) is 0 Å². The number of nitrogens with one attached hydrogen (secondary N) is 1. The minimum absolute atomic E-state index is 0.698. The molecule has 1 aromatic heterocycles. The Morgan fingerprint density at radius 2 is 2.27 bits per heavy atom. The maximum Gasteiger partial charge on any atom is 0.107 e. The molecule has 1 heterocycles. The van der Waals surface area contributed by atoms with Crippen molar-refractivity contribution in [3.8, 4) is 0 Å². The highest BCUT2D eigenvalue weighted by Gasteiger charge is 2.29. The van der Waals surface area contributed by atoms with E-state index >= 15 is 0 Å². The van der Waals surface area contributed by atoms with Crippen LogP contribution < -0.4 is 5.32 Å². The number of hydrogen-bond donors (Lipinski definition) is 1. The van der Waals surface area contributed by atoms with Crippen LogP contribution in [-0.4, -0.2) is 11.0 Å². The van der Waals surface area contributed by atoms with Crippen molar-refractivity contribution in [1.82, 2.24) is 10.3 Å². The number of hydrogen-bond acceptors (Lipinski definition) is 3. The molecule has 84 valence electrons. The molecule has 1 aliphatic rings. The summed E-state index contributed by atoms with van der Waals surface area (Å²) in [6, 6.07) is 0.698. The lowest BCUT2D eigenvalue weighted by atomic mass is 9.98. The molecule has 0 radical (unpaired) electrons. The molecule has 2 nitrogen and oxygen atoms in total. The van der Waals surface area contributed by atoms with Crippen molar-refractivity contribution in [3.05, 3.63) is 16.1 Å². The van der Waals surface area contributed by atoms with Gasteiger partial charge in [-0.15, -0.1) is 11.3 Å². The van der Waals surface area contributed by atoms with Gasteiger partial charge in [0.2, 0.25) is 0 Å². The Morgan fingerprint density at radius 1 is 1.47 bits per heavy atom. The van der Waals surface area contributed by atoms with E-state index in [4.69, 9.17) is 0 Å². The second-order valence-corrected chi connectivity index (χ2v) is 5.73. The van der Waals surface area contributed by atoms with Gasteiger partial charge in [0.05, 0.1) is 0 Å². The minimum atomic E-state index is 0.698. The Labute approximate surface area is 96.1 Å². The first kappa shape index (κ1) is 11.1. The number of nitrogens with zero attached hydrogens (tertiary/aromatic N) is 1. The standard InChI is InChI=1S/C12H20N2S/c1-8-4-5-11(10(8)3)13-6-12-14-9(2)7-15-12/h7-8,10-11,13H,4-6H2,1-3H3. The second-order valence-electron chi connectivity index (χ2n) is 4.78. The Hall–Kier alpha value is -0.410. The van der Waals surface area contributed by atoms with Crippen LogP contribution in [0.2, 0.25) is 0 Å². The minimum Gasteiger partial charge on any atom is -0.307 e. The van der Waals surface area contributed by atoms with Crippen LogP contribution in [0, 0.1) is 18.8 Å². The molecule has 1 saturated carbocycles. The first-order valence-electron chi connectivity index (χ1n) is 5.81. The Kier molecular flexibility index (Phi) is 3.42. The summed E-state index contributed by atoms with van der Waals surface area (Å²) in [6.07, 6.45) is 2.70. The van der Waals surface area contributed by atoms with E-state index in [-0.39, 0.29) is 0 Å². The van der Waals surface area contributed by atoms with Crippen molar-refractivity contribution >= 4 is 11.3 Å². The van der Waals surface area contributed by atoms with Crippen molar-refractivity contribution in [2.24, 2.45) is 11.8 Å². The number of rotatable bonds is 3. The lowest BCUT2D eigenvalue weighted by Gasteiger charge is -2.18. The summed E-state index contributed by atoms with van der Waals surface area (Å²) in [5, 5.41) is 6.98. The van der Waals surface area contributed by atoms with E-state index in [1.165, 1.54) is 17.8 Å². The van der Waals surface area contributed by atoms with E-state index in [0.29, 0.717) is 6.04 Å². The third kappa shape index (κ3) is 2.58. The molecule has 15 heavy (non-hydrogen) atoms. The van der Waals surface area contributed by atoms with Gasteiger partial charge in [-0.25, -0.2) is 4.98 Å². The van der Waals surface area contributed by atoms with E-state index < -0.39 is 0 Å². The van der Waals surface area contributed by atoms with Crippen LogP contribution >= 0.6 is 11.3 Å². The summed E-state index contributed by atoms with van der Waals surface area (Å²) in [6.45, 7) is 7.73. The lowest BCUT2D eigenvalue weighted by molar-refractivity contribution is 0.369. The molecule has 3 unspecified atom stereocenters. The van der Waals surface area contributed by atoms with Crippen LogP contribution in [0.15, 0.2) is 5.38 Å². The molecular weight excluding hydrogens is 204 g/mol. The predicted molar refractivity (Wildman–Crippen MR) is 65.0 cm³/mol. The van der Waals surface area contributed by atoms with Crippen molar-refractivity contribution in [2.75, 3.05) is 0 Å². The fraction of sp³-hybridized carbons (Fsp3) is 0.750. The van der Waals surface area contributed by atoms with Gasteiger partial charge < -0.3 is 5.32 Å². The van der Waals surface area contributed by atoms with Crippen LogP contribution in [0.4, 0.5) is 0 Å². The fourth-order valence-electron chi connectivity index (χ4n) is 2.36. The highest BCUT2D eigenvalue weighted by atomic mass is 32.1.